The van der Waals surface area contributed by atoms with Crippen molar-refractivity contribution in [2.75, 3.05) is 27.4 Å². The van der Waals surface area contributed by atoms with Gasteiger partial charge in [0.05, 0.1) is 19.1 Å². The molecule has 1 saturated carbocycles. The summed E-state index contributed by atoms with van der Waals surface area (Å²) in [6.07, 6.45) is 2.35. The van der Waals surface area contributed by atoms with Crippen molar-refractivity contribution in [1.29, 1.82) is 0 Å². The van der Waals surface area contributed by atoms with E-state index < -0.39 is 10.0 Å². The molecule has 28 heavy (non-hydrogen) atoms. The molecule has 0 amide bonds. The van der Waals surface area contributed by atoms with Crippen LogP contribution in [-0.2, 0) is 16.6 Å². The van der Waals surface area contributed by atoms with E-state index in [1.807, 2.05) is 18.2 Å². The molecule has 152 valence electrons. The van der Waals surface area contributed by atoms with Crippen molar-refractivity contribution >= 4 is 10.0 Å². The number of hydrogen-bond acceptors (Lipinski definition) is 6. The van der Waals surface area contributed by atoms with Crippen LogP contribution >= 0.6 is 0 Å². The molecule has 0 aromatic heterocycles. The fraction of sp³-hybridized carbons (Fsp3) is 0.400. The molecule has 1 aliphatic carbocycles. The topological polar surface area (TPSA) is 91.1 Å². The molecule has 3 rings (SSSR count). The minimum atomic E-state index is -3.69. The van der Waals surface area contributed by atoms with Crippen molar-refractivity contribution in [3.05, 3.63) is 48.0 Å². The summed E-state index contributed by atoms with van der Waals surface area (Å²) in [6.45, 7) is 2.00. The van der Waals surface area contributed by atoms with E-state index in [4.69, 9.17) is 19.3 Å². The third-order valence-corrected chi connectivity index (χ3v) is 5.65. The van der Waals surface area contributed by atoms with Crippen LogP contribution in [-0.4, -0.2) is 46.7 Å². The van der Waals surface area contributed by atoms with Crippen LogP contribution in [0.1, 0.15) is 18.4 Å². The summed E-state index contributed by atoms with van der Waals surface area (Å²) in [5.41, 5.74) is 1.08. The van der Waals surface area contributed by atoms with Crippen LogP contribution < -0.4 is 19.3 Å². The Morgan fingerprint density at radius 3 is 2.29 bits per heavy atom. The standard InChI is InChI=1S/C20H26N2O5S/c1-25-18-7-10-20(26-2)15(13-18)14-22(16-3-4-16)11-12-27-17-5-8-19(9-6-17)28(21,23)24/h5-10,13,16H,3-4,11-12,14H2,1-2H3,(H2,21,23,24). The molecule has 0 saturated heterocycles. The second-order valence-electron chi connectivity index (χ2n) is 6.74. The molecule has 0 unspecified atom stereocenters. The number of sulfonamides is 1. The molecule has 2 aromatic rings. The monoisotopic (exact) mass is 406 g/mol. The van der Waals surface area contributed by atoms with Gasteiger partial charge in [0.25, 0.3) is 0 Å². The lowest BCUT2D eigenvalue weighted by Gasteiger charge is -2.23. The lowest BCUT2D eigenvalue weighted by Crippen LogP contribution is -2.30. The van der Waals surface area contributed by atoms with Crippen molar-refractivity contribution in [2.45, 2.75) is 30.3 Å². The van der Waals surface area contributed by atoms with E-state index in [0.29, 0.717) is 18.4 Å². The van der Waals surface area contributed by atoms with Crippen molar-refractivity contribution in [3.63, 3.8) is 0 Å². The third-order valence-electron chi connectivity index (χ3n) is 4.72. The van der Waals surface area contributed by atoms with E-state index in [1.165, 1.54) is 25.0 Å². The number of ether oxygens (including phenoxy) is 3. The van der Waals surface area contributed by atoms with Gasteiger partial charge in [-0.05, 0) is 55.3 Å². The number of nitrogens with zero attached hydrogens (tertiary/aromatic N) is 1. The van der Waals surface area contributed by atoms with Gasteiger partial charge in [0.15, 0.2) is 0 Å². The largest absolute Gasteiger partial charge is 0.497 e. The average Bonchev–Trinajstić information content (AvgIpc) is 3.52. The lowest BCUT2D eigenvalue weighted by atomic mass is 10.1. The summed E-state index contributed by atoms with van der Waals surface area (Å²) in [5.74, 6) is 2.26. The van der Waals surface area contributed by atoms with Gasteiger partial charge in [0.2, 0.25) is 10.0 Å². The van der Waals surface area contributed by atoms with Gasteiger partial charge < -0.3 is 14.2 Å². The predicted octanol–water partition coefficient (Wildman–Crippen LogP) is 2.39. The number of rotatable bonds is 10. The first-order valence-corrected chi connectivity index (χ1v) is 10.7. The Labute approximate surface area is 166 Å². The van der Waals surface area contributed by atoms with Gasteiger partial charge in [-0.25, -0.2) is 13.6 Å². The van der Waals surface area contributed by atoms with E-state index >= 15 is 0 Å². The number of benzene rings is 2. The maximum atomic E-state index is 11.3. The summed E-state index contributed by atoms with van der Waals surface area (Å²) >= 11 is 0. The van der Waals surface area contributed by atoms with Crippen LogP contribution in [0, 0.1) is 0 Å². The zero-order chi connectivity index (χ0) is 20.1. The van der Waals surface area contributed by atoms with Gasteiger partial charge in [-0.3, -0.25) is 4.90 Å². The van der Waals surface area contributed by atoms with Gasteiger partial charge in [0, 0.05) is 24.7 Å². The highest BCUT2D eigenvalue weighted by Gasteiger charge is 2.29. The Kier molecular flexibility index (Phi) is 6.43. The molecule has 0 radical (unpaired) electrons. The Bertz CT molecular complexity index is 895. The highest BCUT2D eigenvalue weighted by atomic mass is 32.2. The lowest BCUT2D eigenvalue weighted by molar-refractivity contribution is 0.193. The van der Waals surface area contributed by atoms with E-state index in [-0.39, 0.29) is 4.90 Å². The van der Waals surface area contributed by atoms with E-state index in [9.17, 15) is 8.42 Å². The second kappa shape index (κ2) is 8.81. The van der Waals surface area contributed by atoms with Crippen molar-refractivity contribution in [1.82, 2.24) is 4.90 Å². The summed E-state index contributed by atoms with van der Waals surface area (Å²) in [4.78, 5) is 2.44. The third kappa shape index (κ3) is 5.37. The number of primary sulfonamides is 1. The van der Waals surface area contributed by atoms with Gasteiger partial charge >= 0.3 is 0 Å². The van der Waals surface area contributed by atoms with Crippen LogP contribution in [0.5, 0.6) is 17.2 Å². The Morgan fingerprint density at radius 1 is 1.04 bits per heavy atom. The summed E-state index contributed by atoms with van der Waals surface area (Å²) < 4.78 is 39.2. The molecule has 0 bridgehead atoms. The molecule has 8 heteroatoms. The minimum absolute atomic E-state index is 0.0737. The van der Waals surface area contributed by atoms with Crippen molar-refractivity contribution in [2.24, 2.45) is 5.14 Å². The van der Waals surface area contributed by atoms with E-state index in [1.54, 1.807) is 26.4 Å². The van der Waals surface area contributed by atoms with Gasteiger partial charge in [-0.1, -0.05) is 0 Å². The molecule has 2 aromatic carbocycles. The molecule has 2 N–H and O–H groups in total. The van der Waals surface area contributed by atoms with Gasteiger partial charge in [-0.2, -0.15) is 0 Å². The predicted molar refractivity (Wildman–Crippen MR) is 106 cm³/mol. The number of hydrogen-bond donors (Lipinski definition) is 1. The number of methoxy groups -OCH3 is 2. The zero-order valence-corrected chi connectivity index (χ0v) is 16.9. The maximum Gasteiger partial charge on any atom is 0.238 e. The van der Waals surface area contributed by atoms with Crippen molar-refractivity contribution < 1.29 is 22.6 Å². The first kappa shape index (κ1) is 20.4. The summed E-state index contributed by atoms with van der Waals surface area (Å²) in [7, 11) is -0.370. The molecule has 0 spiro atoms. The quantitative estimate of drug-likeness (QED) is 0.651. The van der Waals surface area contributed by atoms with E-state index in [0.717, 1.165) is 30.2 Å². The molecule has 1 aliphatic rings. The molecule has 1 fully saturated rings. The highest BCUT2D eigenvalue weighted by Crippen LogP contribution is 2.31. The highest BCUT2D eigenvalue weighted by molar-refractivity contribution is 7.89. The Balaban J connectivity index is 1.60. The average molecular weight is 407 g/mol. The SMILES string of the molecule is COc1ccc(OC)c(CN(CCOc2ccc(S(N)(=O)=O)cc2)C2CC2)c1. The fourth-order valence-electron chi connectivity index (χ4n) is 3.06. The van der Waals surface area contributed by atoms with Gasteiger partial charge in [-0.15, -0.1) is 0 Å². The normalized spacial score (nSPS) is 14.1. The van der Waals surface area contributed by atoms with Crippen LogP contribution in [0.25, 0.3) is 0 Å². The summed E-state index contributed by atoms with van der Waals surface area (Å²) in [5, 5.41) is 5.11. The van der Waals surface area contributed by atoms with E-state index in [2.05, 4.69) is 4.90 Å². The number of nitrogens with two attached hydrogens (primary N) is 1. The molecule has 7 nitrogen and oxygen atoms in total. The molecular formula is C20H26N2O5S. The molecule has 0 heterocycles. The first-order chi connectivity index (χ1) is 13.4. The van der Waals surface area contributed by atoms with Crippen LogP contribution in [0.3, 0.4) is 0 Å². The van der Waals surface area contributed by atoms with Crippen LogP contribution in [0.4, 0.5) is 0 Å². The Morgan fingerprint density at radius 2 is 1.71 bits per heavy atom. The smallest absolute Gasteiger partial charge is 0.238 e. The second-order valence-corrected chi connectivity index (χ2v) is 8.31. The maximum absolute atomic E-state index is 11.3. The summed E-state index contributed by atoms with van der Waals surface area (Å²) in [6, 6.07) is 12.5. The minimum Gasteiger partial charge on any atom is -0.497 e. The Hall–Kier alpha value is -2.29. The zero-order valence-electron chi connectivity index (χ0n) is 16.1. The molecule has 0 aliphatic heterocycles. The molecular weight excluding hydrogens is 380 g/mol. The van der Waals surface area contributed by atoms with Crippen LogP contribution in [0.15, 0.2) is 47.4 Å². The fourth-order valence-corrected chi connectivity index (χ4v) is 3.58. The molecule has 0 atom stereocenters. The van der Waals surface area contributed by atoms with Crippen LogP contribution in [0.2, 0.25) is 0 Å². The van der Waals surface area contributed by atoms with Gasteiger partial charge in [0.1, 0.15) is 23.9 Å². The first-order valence-electron chi connectivity index (χ1n) is 9.11. The van der Waals surface area contributed by atoms with Crippen molar-refractivity contribution in [3.8, 4) is 17.2 Å².